The number of benzene rings is 2. The number of rotatable bonds is 12. The smallest absolute Gasteiger partial charge is 0.303 e. The Hall–Kier alpha value is -3.31. The molecule has 10 nitrogen and oxygen atoms in total. The molecule has 0 aliphatic carbocycles. The van der Waals surface area contributed by atoms with E-state index in [-0.39, 0.29) is 25.7 Å². The van der Waals surface area contributed by atoms with Crippen LogP contribution in [-0.4, -0.2) is 68.3 Å². The summed E-state index contributed by atoms with van der Waals surface area (Å²) in [4.78, 5) is 35.8. The second-order valence-electron chi connectivity index (χ2n) is 8.90. The number of ether oxygens (including phenoxy) is 6. The zero-order valence-electron chi connectivity index (χ0n) is 22.0. The number of hydrogen-bond acceptors (Lipinski definition) is 9. The number of methoxy groups -OCH3 is 1. The summed E-state index contributed by atoms with van der Waals surface area (Å²) in [6.45, 7) is 4.01. The van der Waals surface area contributed by atoms with E-state index in [1.807, 2.05) is 60.7 Å². The first-order chi connectivity index (χ1) is 18.3. The van der Waals surface area contributed by atoms with Gasteiger partial charge in [-0.3, -0.25) is 14.4 Å². The maximum atomic E-state index is 12.2. The molecule has 1 saturated heterocycles. The molecule has 2 aromatic carbocycles. The molecule has 38 heavy (non-hydrogen) atoms. The number of esters is 2. The molecule has 1 aliphatic heterocycles. The van der Waals surface area contributed by atoms with Crippen LogP contribution in [0, 0.1) is 0 Å². The molecule has 0 spiro atoms. The zero-order chi connectivity index (χ0) is 27.5. The van der Waals surface area contributed by atoms with Gasteiger partial charge >= 0.3 is 11.9 Å². The Bertz CT molecular complexity index is 1030. The summed E-state index contributed by atoms with van der Waals surface area (Å²) in [5.74, 6) is -1.45. The third-order valence-corrected chi connectivity index (χ3v) is 5.89. The van der Waals surface area contributed by atoms with Gasteiger partial charge in [-0.15, -0.1) is 0 Å². The second kappa shape index (κ2) is 14.6. The zero-order valence-corrected chi connectivity index (χ0v) is 22.0. The van der Waals surface area contributed by atoms with Gasteiger partial charge in [0.25, 0.3) is 0 Å². The standard InChI is InChI=1S/C28H35NO9/c1-18(30)29-24-26(35-15-21-11-7-5-8-12-21)27(36-16-22-13-9-6-10-14-22)25(38-28(24)33-4)23(37-20(3)32)17-34-19(2)31/h5-14,23-28H,15-17H2,1-4H3,(H,29,30)/t23-,24+,25+,26+,27+,28-/m0/s1. The Morgan fingerprint density at radius 3 is 1.87 bits per heavy atom. The fourth-order valence-electron chi connectivity index (χ4n) is 4.28. The van der Waals surface area contributed by atoms with E-state index in [0.717, 1.165) is 11.1 Å². The number of hydrogen-bond donors (Lipinski definition) is 1. The van der Waals surface area contributed by atoms with Gasteiger partial charge < -0.3 is 33.7 Å². The van der Waals surface area contributed by atoms with E-state index in [2.05, 4.69) is 5.32 Å². The van der Waals surface area contributed by atoms with Crippen molar-refractivity contribution < 1.29 is 42.8 Å². The van der Waals surface area contributed by atoms with Crippen molar-refractivity contribution in [2.45, 2.75) is 70.7 Å². The lowest BCUT2D eigenvalue weighted by Crippen LogP contribution is -2.67. The molecule has 2 aromatic rings. The Morgan fingerprint density at radius 1 is 0.842 bits per heavy atom. The van der Waals surface area contributed by atoms with Crippen LogP contribution in [0.2, 0.25) is 0 Å². The quantitative estimate of drug-likeness (QED) is 0.414. The topological polar surface area (TPSA) is 119 Å². The van der Waals surface area contributed by atoms with E-state index in [4.69, 9.17) is 28.4 Å². The molecular weight excluding hydrogens is 494 g/mol. The molecular formula is C28H35NO9. The van der Waals surface area contributed by atoms with Gasteiger partial charge in [0, 0.05) is 27.9 Å². The predicted octanol–water partition coefficient (Wildman–Crippen LogP) is 2.53. The number of amides is 1. The number of nitrogens with one attached hydrogen (secondary N) is 1. The van der Waals surface area contributed by atoms with Crippen molar-refractivity contribution in [1.29, 1.82) is 0 Å². The van der Waals surface area contributed by atoms with Crippen LogP contribution in [0.3, 0.4) is 0 Å². The minimum absolute atomic E-state index is 0.182. The van der Waals surface area contributed by atoms with Gasteiger partial charge in [0.1, 0.15) is 31.0 Å². The highest BCUT2D eigenvalue weighted by atomic mass is 16.7. The molecule has 6 atom stereocenters. The van der Waals surface area contributed by atoms with Crippen molar-refractivity contribution in [1.82, 2.24) is 5.32 Å². The first-order valence-corrected chi connectivity index (χ1v) is 12.4. The molecule has 0 aromatic heterocycles. The Balaban J connectivity index is 1.99. The van der Waals surface area contributed by atoms with Crippen molar-refractivity contribution in [2.75, 3.05) is 13.7 Å². The van der Waals surface area contributed by atoms with Crippen LogP contribution in [0.5, 0.6) is 0 Å². The van der Waals surface area contributed by atoms with Crippen LogP contribution in [-0.2, 0) is 56.0 Å². The molecule has 1 N–H and O–H groups in total. The summed E-state index contributed by atoms with van der Waals surface area (Å²) in [6.07, 6.45) is -4.62. The number of carbonyl (C=O) groups excluding carboxylic acids is 3. The van der Waals surface area contributed by atoms with Crippen LogP contribution in [0.25, 0.3) is 0 Å². The Labute approximate surface area is 222 Å². The fraction of sp³-hybridized carbons (Fsp3) is 0.464. The average molecular weight is 530 g/mol. The van der Waals surface area contributed by atoms with E-state index < -0.39 is 48.7 Å². The first kappa shape index (κ1) is 29.2. The van der Waals surface area contributed by atoms with Crippen molar-refractivity contribution in [3.05, 3.63) is 71.8 Å². The Kier molecular flexibility index (Phi) is 11.2. The summed E-state index contributed by atoms with van der Waals surface area (Å²) in [5.41, 5.74) is 1.80. The first-order valence-electron chi connectivity index (χ1n) is 12.4. The summed E-state index contributed by atoms with van der Waals surface area (Å²) in [6, 6.07) is 18.3. The molecule has 1 aliphatic rings. The highest BCUT2D eigenvalue weighted by molar-refractivity contribution is 5.73. The van der Waals surface area contributed by atoms with Gasteiger partial charge in [0.2, 0.25) is 5.91 Å². The minimum atomic E-state index is -1.03. The van der Waals surface area contributed by atoms with Crippen LogP contribution >= 0.6 is 0 Å². The van der Waals surface area contributed by atoms with Crippen molar-refractivity contribution in [2.24, 2.45) is 0 Å². The molecule has 206 valence electrons. The molecule has 0 radical (unpaired) electrons. The van der Waals surface area contributed by atoms with Crippen molar-refractivity contribution in [3.63, 3.8) is 0 Å². The van der Waals surface area contributed by atoms with Crippen LogP contribution < -0.4 is 5.32 Å². The second-order valence-corrected chi connectivity index (χ2v) is 8.90. The van der Waals surface area contributed by atoms with Crippen LogP contribution in [0.15, 0.2) is 60.7 Å². The fourth-order valence-corrected chi connectivity index (χ4v) is 4.28. The minimum Gasteiger partial charge on any atom is -0.462 e. The van der Waals surface area contributed by atoms with Gasteiger partial charge in [-0.25, -0.2) is 0 Å². The summed E-state index contributed by atoms with van der Waals surface area (Å²) in [5, 5.41) is 2.86. The van der Waals surface area contributed by atoms with Crippen molar-refractivity contribution >= 4 is 17.8 Å². The summed E-state index contributed by atoms with van der Waals surface area (Å²) in [7, 11) is 1.43. The maximum absolute atomic E-state index is 12.2. The number of carbonyl (C=O) groups is 3. The van der Waals surface area contributed by atoms with Gasteiger partial charge in [-0.2, -0.15) is 0 Å². The third-order valence-electron chi connectivity index (χ3n) is 5.89. The monoisotopic (exact) mass is 529 g/mol. The maximum Gasteiger partial charge on any atom is 0.303 e. The van der Waals surface area contributed by atoms with E-state index in [0.29, 0.717) is 0 Å². The Morgan fingerprint density at radius 2 is 1.39 bits per heavy atom. The van der Waals surface area contributed by atoms with Crippen LogP contribution in [0.4, 0.5) is 0 Å². The lowest BCUT2D eigenvalue weighted by Gasteiger charge is -2.47. The lowest BCUT2D eigenvalue weighted by atomic mass is 9.92. The average Bonchev–Trinajstić information content (AvgIpc) is 2.89. The summed E-state index contributed by atoms with van der Waals surface area (Å²) < 4.78 is 35.3. The van der Waals surface area contributed by atoms with E-state index >= 15 is 0 Å². The molecule has 3 rings (SSSR count). The predicted molar refractivity (Wildman–Crippen MR) is 135 cm³/mol. The summed E-state index contributed by atoms with van der Waals surface area (Å²) >= 11 is 0. The molecule has 10 heteroatoms. The third kappa shape index (κ3) is 8.63. The lowest BCUT2D eigenvalue weighted by molar-refractivity contribution is -0.296. The van der Waals surface area contributed by atoms with Crippen molar-refractivity contribution in [3.8, 4) is 0 Å². The molecule has 1 amide bonds. The van der Waals surface area contributed by atoms with Gasteiger partial charge in [0.05, 0.1) is 13.2 Å². The van der Waals surface area contributed by atoms with E-state index in [9.17, 15) is 14.4 Å². The molecule has 0 unspecified atom stereocenters. The van der Waals surface area contributed by atoms with Gasteiger partial charge in [0.15, 0.2) is 12.4 Å². The van der Waals surface area contributed by atoms with Gasteiger partial charge in [-0.05, 0) is 11.1 Å². The highest BCUT2D eigenvalue weighted by Crippen LogP contribution is 2.31. The highest BCUT2D eigenvalue weighted by Gasteiger charge is 2.52. The molecule has 0 bridgehead atoms. The van der Waals surface area contributed by atoms with Gasteiger partial charge in [-0.1, -0.05) is 60.7 Å². The van der Waals surface area contributed by atoms with Crippen LogP contribution in [0.1, 0.15) is 31.9 Å². The molecule has 0 saturated carbocycles. The SMILES string of the molecule is CO[C@H]1O[C@H]([C@H](COC(C)=O)OC(C)=O)[C@@H](OCc2ccccc2)[C@H](OCc2ccccc2)[C@H]1NC(C)=O. The molecule has 1 fully saturated rings. The molecule has 1 heterocycles. The normalized spacial score (nSPS) is 23.7. The van der Waals surface area contributed by atoms with E-state index in [1.54, 1.807) is 0 Å². The van der Waals surface area contributed by atoms with E-state index in [1.165, 1.54) is 27.9 Å². The largest absolute Gasteiger partial charge is 0.462 e.